The largest absolute Gasteiger partial charge is 0.451 e. The van der Waals surface area contributed by atoms with Gasteiger partial charge >= 0.3 is 0 Å². The molecule has 5 rings (SSSR count). The summed E-state index contributed by atoms with van der Waals surface area (Å²) in [4.78, 5) is 42.3. The summed E-state index contributed by atoms with van der Waals surface area (Å²) >= 11 is 0. The molecule has 0 atom stereocenters. The minimum absolute atomic E-state index is 0.0496. The molecule has 3 heterocycles. The molecular formula is C29H28N4O5. The molecule has 0 saturated carbocycles. The number of hydrogen-bond acceptors (Lipinski definition) is 7. The number of amides is 2. The summed E-state index contributed by atoms with van der Waals surface area (Å²) in [5, 5.41) is 6.99. The predicted octanol–water partition coefficient (Wildman–Crippen LogP) is 4.94. The fraction of sp³-hybridized carbons (Fsp3) is 0.241. The summed E-state index contributed by atoms with van der Waals surface area (Å²) in [6, 6.07) is 15.6. The molecule has 4 aromatic rings. The van der Waals surface area contributed by atoms with Crippen molar-refractivity contribution in [1.82, 2.24) is 10.1 Å². The van der Waals surface area contributed by atoms with Gasteiger partial charge in [0.25, 0.3) is 5.91 Å². The number of para-hydroxylation sites is 1. The first-order valence-corrected chi connectivity index (χ1v) is 12.4. The van der Waals surface area contributed by atoms with Crippen molar-refractivity contribution >= 4 is 45.5 Å². The summed E-state index contributed by atoms with van der Waals surface area (Å²) in [7, 11) is 0. The Labute approximate surface area is 219 Å². The van der Waals surface area contributed by atoms with Gasteiger partial charge in [-0.2, -0.15) is 0 Å². The maximum absolute atomic E-state index is 13.1. The maximum atomic E-state index is 13.1. The van der Waals surface area contributed by atoms with Crippen LogP contribution in [0.1, 0.15) is 46.1 Å². The van der Waals surface area contributed by atoms with E-state index in [1.54, 1.807) is 19.1 Å². The van der Waals surface area contributed by atoms with Crippen LogP contribution in [0, 0.1) is 6.92 Å². The zero-order chi connectivity index (χ0) is 26.8. The number of piperazine rings is 1. The number of anilines is 2. The molecule has 194 valence electrons. The van der Waals surface area contributed by atoms with Gasteiger partial charge in [-0.25, -0.2) is 0 Å². The number of carbonyl (C=O) groups is 3. The Kier molecular flexibility index (Phi) is 6.83. The molecule has 2 amide bonds. The van der Waals surface area contributed by atoms with Crippen molar-refractivity contribution in [2.45, 2.75) is 20.8 Å². The van der Waals surface area contributed by atoms with Crippen LogP contribution in [0.4, 0.5) is 11.4 Å². The minimum Gasteiger partial charge on any atom is -0.451 e. The number of rotatable bonds is 6. The first kappa shape index (κ1) is 25.0. The van der Waals surface area contributed by atoms with Crippen LogP contribution in [0.15, 0.2) is 69.7 Å². The maximum Gasteiger partial charge on any atom is 0.261 e. The predicted molar refractivity (Wildman–Crippen MR) is 144 cm³/mol. The summed E-state index contributed by atoms with van der Waals surface area (Å²) < 4.78 is 10.8. The highest BCUT2D eigenvalue weighted by molar-refractivity contribution is 6.15. The topological polar surface area (TPSA) is 109 Å². The lowest BCUT2D eigenvalue weighted by Gasteiger charge is -2.35. The number of fused-ring (bicyclic) bond motifs is 1. The van der Waals surface area contributed by atoms with E-state index < -0.39 is 5.91 Å². The van der Waals surface area contributed by atoms with Gasteiger partial charge in [-0.05, 0) is 49.2 Å². The van der Waals surface area contributed by atoms with Crippen LogP contribution in [-0.4, -0.2) is 53.8 Å². The lowest BCUT2D eigenvalue weighted by molar-refractivity contribution is -0.126. The zero-order valence-electron chi connectivity index (χ0n) is 21.5. The average Bonchev–Trinajstić information content (AvgIpc) is 3.52. The van der Waals surface area contributed by atoms with Gasteiger partial charge in [-0.15, -0.1) is 0 Å². The second-order valence-corrected chi connectivity index (χ2v) is 9.30. The molecule has 9 heteroatoms. The molecule has 0 aliphatic carbocycles. The van der Waals surface area contributed by atoms with Crippen LogP contribution in [0.25, 0.3) is 16.5 Å². The van der Waals surface area contributed by atoms with E-state index in [2.05, 4.69) is 27.5 Å². The molecule has 1 fully saturated rings. The van der Waals surface area contributed by atoms with E-state index in [9.17, 15) is 14.4 Å². The molecule has 1 saturated heterocycles. The van der Waals surface area contributed by atoms with E-state index in [-0.39, 0.29) is 28.7 Å². The third kappa shape index (κ3) is 4.95. The smallest absolute Gasteiger partial charge is 0.261 e. The fourth-order valence-electron chi connectivity index (χ4n) is 4.60. The first-order valence-electron chi connectivity index (χ1n) is 12.4. The average molecular weight is 513 g/mol. The number of Topliss-reactive ketones (excluding diaryl/α,β-unsaturated/α-hetero) is 1. The lowest BCUT2D eigenvalue weighted by atomic mass is 10.0. The van der Waals surface area contributed by atoms with E-state index >= 15 is 0 Å². The van der Waals surface area contributed by atoms with E-state index in [4.69, 9.17) is 8.94 Å². The van der Waals surface area contributed by atoms with Crippen molar-refractivity contribution in [2.24, 2.45) is 0 Å². The summed E-state index contributed by atoms with van der Waals surface area (Å²) in [6.07, 6.45) is 2.95. The molecule has 0 spiro atoms. The van der Waals surface area contributed by atoms with Gasteiger partial charge in [0.1, 0.15) is 16.9 Å². The quantitative estimate of drug-likeness (QED) is 0.288. The van der Waals surface area contributed by atoms with Crippen LogP contribution in [0.2, 0.25) is 0 Å². The number of nitrogens with one attached hydrogen (secondary N) is 1. The van der Waals surface area contributed by atoms with Crippen LogP contribution < -0.4 is 10.2 Å². The highest BCUT2D eigenvalue weighted by atomic mass is 16.5. The third-order valence-corrected chi connectivity index (χ3v) is 6.75. The number of aryl methyl sites for hydroxylation is 1. The van der Waals surface area contributed by atoms with Crippen molar-refractivity contribution in [3.8, 4) is 0 Å². The number of aromatic nitrogens is 1. The van der Waals surface area contributed by atoms with Gasteiger partial charge in [0.15, 0.2) is 11.5 Å². The number of benzene rings is 2. The third-order valence-electron chi connectivity index (χ3n) is 6.75. The molecule has 1 aliphatic rings. The van der Waals surface area contributed by atoms with Gasteiger partial charge in [0.05, 0.1) is 11.9 Å². The molecule has 9 nitrogen and oxygen atoms in total. The number of carbonyl (C=O) groups excluding carboxylic acids is 3. The van der Waals surface area contributed by atoms with Crippen molar-refractivity contribution in [2.75, 3.05) is 36.4 Å². The van der Waals surface area contributed by atoms with E-state index in [0.29, 0.717) is 29.8 Å². The number of allylic oxidation sites excluding steroid dienone is 1. The molecule has 2 aromatic carbocycles. The van der Waals surface area contributed by atoms with Crippen molar-refractivity contribution in [3.63, 3.8) is 0 Å². The lowest BCUT2D eigenvalue weighted by Crippen LogP contribution is -2.48. The molecule has 0 radical (unpaired) electrons. The summed E-state index contributed by atoms with van der Waals surface area (Å²) in [5.74, 6) is -0.423. The van der Waals surface area contributed by atoms with Crippen molar-refractivity contribution in [1.29, 1.82) is 0 Å². The minimum atomic E-state index is -0.462. The Morgan fingerprint density at radius 3 is 2.39 bits per heavy atom. The molecule has 1 N–H and O–H groups in total. The highest BCUT2D eigenvalue weighted by Gasteiger charge is 2.23. The van der Waals surface area contributed by atoms with Crippen LogP contribution in [-0.2, 0) is 4.79 Å². The van der Waals surface area contributed by atoms with Gasteiger partial charge in [-0.3, -0.25) is 14.4 Å². The summed E-state index contributed by atoms with van der Waals surface area (Å²) in [6.45, 7) is 7.69. The normalized spacial score (nSPS) is 14.1. The molecular weight excluding hydrogens is 484 g/mol. The molecule has 2 aromatic heterocycles. The van der Waals surface area contributed by atoms with Crippen molar-refractivity contribution in [3.05, 3.63) is 83.5 Å². The van der Waals surface area contributed by atoms with Gasteiger partial charge < -0.3 is 24.1 Å². The Hall–Kier alpha value is -4.66. The Morgan fingerprint density at radius 2 is 1.74 bits per heavy atom. The van der Waals surface area contributed by atoms with Crippen LogP contribution in [0.5, 0.6) is 0 Å². The highest BCUT2D eigenvalue weighted by Crippen LogP contribution is 2.34. The standard InChI is InChI=1S/C29H28N4O5/c1-18(15-26(35)33-13-11-32(12-14-33)22-7-5-4-6-8-22)21-9-10-25-23(16-21)27(28(37-25)19(2)34)31-29(36)24-17-30-38-20(24)3/h4-10,15-17H,11-14H2,1-3H3,(H,31,36). The Bertz CT molecular complexity index is 1540. The van der Waals surface area contributed by atoms with Gasteiger partial charge in [-0.1, -0.05) is 29.4 Å². The first-order chi connectivity index (χ1) is 18.3. The van der Waals surface area contributed by atoms with E-state index in [1.165, 1.54) is 13.1 Å². The van der Waals surface area contributed by atoms with E-state index in [0.717, 1.165) is 29.9 Å². The number of nitrogens with zero attached hydrogens (tertiary/aromatic N) is 3. The number of furan rings is 1. The Balaban J connectivity index is 1.36. The molecule has 0 unspecified atom stereocenters. The number of ketones is 1. The van der Waals surface area contributed by atoms with Crippen LogP contribution in [0.3, 0.4) is 0 Å². The second-order valence-electron chi connectivity index (χ2n) is 9.30. The van der Waals surface area contributed by atoms with Gasteiger partial charge in [0, 0.05) is 50.3 Å². The monoisotopic (exact) mass is 512 g/mol. The molecule has 0 bridgehead atoms. The van der Waals surface area contributed by atoms with Crippen LogP contribution >= 0.6 is 0 Å². The van der Waals surface area contributed by atoms with Crippen molar-refractivity contribution < 1.29 is 23.3 Å². The van der Waals surface area contributed by atoms with Gasteiger partial charge in [0.2, 0.25) is 5.91 Å². The fourth-order valence-corrected chi connectivity index (χ4v) is 4.60. The SMILES string of the molecule is CC(=O)c1oc2ccc(C(C)=CC(=O)N3CCN(c4ccccc4)CC3)cc2c1NC(=O)c1cnoc1C. The summed E-state index contributed by atoms with van der Waals surface area (Å²) in [5.41, 5.74) is 3.69. The number of hydrogen-bond donors (Lipinski definition) is 1. The van der Waals surface area contributed by atoms with E-state index in [1.807, 2.05) is 42.2 Å². The zero-order valence-corrected chi connectivity index (χ0v) is 21.5. The Morgan fingerprint density at radius 1 is 1.00 bits per heavy atom. The second kappa shape index (κ2) is 10.4. The molecule has 38 heavy (non-hydrogen) atoms. The molecule has 1 aliphatic heterocycles.